The van der Waals surface area contributed by atoms with E-state index in [1.807, 2.05) is 30.8 Å². The van der Waals surface area contributed by atoms with Crippen LogP contribution in [-0.2, 0) is 21.4 Å². The number of benzene rings is 1. The summed E-state index contributed by atoms with van der Waals surface area (Å²) < 4.78 is 27.0. The maximum absolute atomic E-state index is 12.8. The zero-order chi connectivity index (χ0) is 20.4. The Bertz CT molecular complexity index is 1010. The largest absolute Gasteiger partial charge is 0.330 e. The minimum atomic E-state index is -3.40. The van der Waals surface area contributed by atoms with Crippen LogP contribution in [0.1, 0.15) is 11.1 Å². The SMILES string of the molecule is Cc1c(CN2CCSCC2)cccc1NC(=O)C1=CN2CCS(=O)(=O)N=C2C=C1. The molecule has 0 unspecified atom stereocenters. The molecule has 0 radical (unpaired) electrons. The first kappa shape index (κ1) is 20.2. The average molecular weight is 433 g/mol. The van der Waals surface area contributed by atoms with Gasteiger partial charge in [-0.3, -0.25) is 9.69 Å². The van der Waals surface area contributed by atoms with Gasteiger partial charge in [0.25, 0.3) is 15.9 Å². The number of rotatable bonds is 4. The number of nitrogens with zero attached hydrogens (tertiary/aromatic N) is 3. The van der Waals surface area contributed by atoms with Crippen molar-refractivity contribution in [2.24, 2.45) is 4.40 Å². The van der Waals surface area contributed by atoms with Gasteiger partial charge in [-0.05, 0) is 36.3 Å². The van der Waals surface area contributed by atoms with Crippen molar-refractivity contribution in [3.8, 4) is 0 Å². The number of fused-ring (bicyclic) bond motifs is 1. The molecule has 0 spiro atoms. The minimum Gasteiger partial charge on any atom is -0.330 e. The number of hydrogen-bond acceptors (Lipinski definition) is 6. The number of amides is 1. The molecule has 1 aromatic carbocycles. The second-order valence-electron chi connectivity index (χ2n) is 7.28. The van der Waals surface area contributed by atoms with Gasteiger partial charge in [0.15, 0.2) is 0 Å². The summed E-state index contributed by atoms with van der Waals surface area (Å²) in [5, 5.41) is 3.00. The summed E-state index contributed by atoms with van der Waals surface area (Å²) in [7, 11) is -3.40. The van der Waals surface area contributed by atoms with Crippen molar-refractivity contribution < 1.29 is 13.2 Å². The topological polar surface area (TPSA) is 82.1 Å². The Morgan fingerprint density at radius 3 is 2.79 bits per heavy atom. The van der Waals surface area contributed by atoms with Crippen LogP contribution in [0.2, 0.25) is 0 Å². The van der Waals surface area contributed by atoms with Gasteiger partial charge < -0.3 is 10.2 Å². The second-order valence-corrected chi connectivity index (χ2v) is 10.3. The summed E-state index contributed by atoms with van der Waals surface area (Å²) in [6.07, 6.45) is 4.84. The van der Waals surface area contributed by atoms with Crippen molar-refractivity contribution in [3.63, 3.8) is 0 Å². The minimum absolute atomic E-state index is 0.0497. The average Bonchev–Trinajstić information content (AvgIpc) is 2.70. The molecule has 1 aromatic rings. The molecule has 1 saturated heterocycles. The second kappa shape index (κ2) is 8.33. The van der Waals surface area contributed by atoms with Crippen molar-refractivity contribution in [1.29, 1.82) is 0 Å². The van der Waals surface area contributed by atoms with E-state index < -0.39 is 10.0 Å². The van der Waals surface area contributed by atoms with Gasteiger partial charge >= 0.3 is 0 Å². The number of anilines is 1. The molecule has 1 amide bonds. The van der Waals surface area contributed by atoms with Crippen molar-refractivity contribution >= 4 is 39.2 Å². The highest BCUT2D eigenvalue weighted by molar-refractivity contribution is 7.99. The molecule has 0 saturated carbocycles. The lowest BCUT2D eigenvalue weighted by molar-refractivity contribution is -0.112. The molecule has 3 aliphatic rings. The highest BCUT2D eigenvalue weighted by Crippen LogP contribution is 2.23. The van der Waals surface area contributed by atoms with E-state index in [9.17, 15) is 13.2 Å². The fourth-order valence-corrected chi connectivity index (χ4v) is 5.47. The van der Waals surface area contributed by atoms with E-state index in [1.165, 1.54) is 17.1 Å². The number of hydrogen-bond donors (Lipinski definition) is 1. The lowest BCUT2D eigenvalue weighted by atomic mass is 10.1. The molecule has 1 N–H and O–H groups in total. The van der Waals surface area contributed by atoms with Crippen LogP contribution >= 0.6 is 11.8 Å². The summed E-state index contributed by atoms with van der Waals surface area (Å²) in [6.45, 7) is 5.41. The van der Waals surface area contributed by atoms with Gasteiger partial charge in [-0.25, -0.2) is 8.42 Å². The smallest absolute Gasteiger partial charge is 0.257 e. The van der Waals surface area contributed by atoms with Crippen molar-refractivity contribution in [2.75, 3.05) is 42.2 Å². The molecule has 1 fully saturated rings. The number of carbonyl (C=O) groups excluding carboxylic acids is 1. The van der Waals surface area contributed by atoms with Crippen molar-refractivity contribution in [1.82, 2.24) is 9.80 Å². The number of carbonyl (C=O) groups is 1. The molecule has 3 heterocycles. The lowest BCUT2D eigenvalue weighted by Gasteiger charge is -2.27. The third-order valence-electron chi connectivity index (χ3n) is 5.28. The summed E-state index contributed by atoms with van der Waals surface area (Å²) >= 11 is 1.99. The van der Waals surface area contributed by atoms with Crippen LogP contribution in [0.15, 0.2) is 46.5 Å². The summed E-state index contributed by atoms with van der Waals surface area (Å²) in [6, 6.07) is 6.00. The Balaban J connectivity index is 1.47. The van der Waals surface area contributed by atoms with Crippen LogP contribution in [0.25, 0.3) is 0 Å². The lowest BCUT2D eigenvalue weighted by Crippen LogP contribution is -2.37. The maximum Gasteiger partial charge on any atom is 0.257 e. The predicted octanol–water partition coefficient (Wildman–Crippen LogP) is 1.98. The van der Waals surface area contributed by atoms with Gasteiger partial charge in [-0.2, -0.15) is 11.8 Å². The van der Waals surface area contributed by atoms with Crippen molar-refractivity contribution in [3.05, 3.63) is 53.3 Å². The van der Waals surface area contributed by atoms with Crippen LogP contribution < -0.4 is 5.32 Å². The molecule has 0 aromatic heterocycles. The van der Waals surface area contributed by atoms with Gasteiger partial charge in [0.1, 0.15) is 5.84 Å². The summed E-state index contributed by atoms with van der Waals surface area (Å²) in [5.74, 6) is 2.42. The van der Waals surface area contributed by atoms with E-state index in [0.29, 0.717) is 18.0 Å². The van der Waals surface area contributed by atoms with E-state index in [-0.39, 0.29) is 11.7 Å². The van der Waals surface area contributed by atoms with E-state index in [0.717, 1.165) is 30.9 Å². The van der Waals surface area contributed by atoms with Gasteiger partial charge in [0.05, 0.1) is 11.3 Å². The third-order valence-corrected chi connectivity index (χ3v) is 7.38. The quantitative estimate of drug-likeness (QED) is 0.784. The number of sulfonamides is 1. The molecule has 4 rings (SSSR count). The zero-order valence-electron chi connectivity index (χ0n) is 16.3. The molecule has 154 valence electrons. The van der Waals surface area contributed by atoms with E-state index >= 15 is 0 Å². The molecule has 0 aliphatic carbocycles. The molecule has 0 atom stereocenters. The van der Waals surface area contributed by atoms with Gasteiger partial charge in [0, 0.05) is 49.6 Å². The number of nitrogens with one attached hydrogen (secondary N) is 1. The van der Waals surface area contributed by atoms with Gasteiger partial charge in [-0.15, -0.1) is 4.40 Å². The number of amidine groups is 1. The first-order valence-electron chi connectivity index (χ1n) is 9.60. The van der Waals surface area contributed by atoms with Crippen LogP contribution in [-0.4, -0.2) is 66.9 Å². The van der Waals surface area contributed by atoms with E-state index in [4.69, 9.17) is 0 Å². The molecule has 29 heavy (non-hydrogen) atoms. The first-order valence-corrected chi connectivity index (χ1v) is 12.4. The maximum atomic E-state index is 12.8. The van der Waals surface area contributed by atoms with Crippen molar-refractivity contribution in [2.45, 2.75) is 13.5 Å². The standard InChI is InChI=1S/C20H24N4O3S2/c1-15-16(13-23-7-10-28-11-8-23)3-2-4-18(15)21-20(25)17-5-6-19-22-29(26,27)12-9-24(19)14-17/h2-6,14H,7-13H2,1H3,(H,21,25). The van der Waals surface area contributed by atoms with Gasteiger partial charge in [-0.1, -0.05) is 12.1 Å². The van der Waals surface area contributed by atoms with E-state index in [1.54, 1.807) is 23.3 Å². The molecular weight excluding hydrogens is 408 g/mol. The zero-order valence-corrected chi connectivity index (χ0v) is 17.9. The van der Waals surface area contributed by atoms with E-state index in [2.05, 4.69) is 20.7 Å². The number of thioether (sulfide) groups is 1. The molecule has 7 nitrogen and oxygen atoms in total. The monoisotopic (exact) mass is 432 g/mol. The van der Waals surface area contributed by atoms with Crippen LogP contribution in [0, 0.1) is 6.92 Å². The molecule has 9 heteroatoms. The first-order chi connectivity index (χ1) is 13.9. The Hall–Kier alpha value is -2.10. The fourth-order valence-electron chi connectivity index (χ4n) is 3.52. The Morgan fingerprint density at radius 1 is 1.21 bits per heavy atom. The summed E-state index contributed by atoms with van der Waals surface area (Å²) in [4.78, 5) is 16.9. The Labute approximate surface area is 175 Å². The normalized spacial score (nSPS) is 21.2. The highest BCUT2D eigenvalue weighted by atomic mass is 32.2. The summed E-state index contributed by atoms with van der Waals surface area (Å²) in [5.41, 5.74) is 3.57. The Kier molecular flexibility index (Phi) is 5.80. The van der Waals surface area contributed by atoms with Gasteiger partial charge in [0.2, 0.25) is 0 Å². The fraction of sp³-hybridized carbons (Fsp3) is 0.400. The predicted molar refractivity (Wildman–Crippen MR) is 118 cm³/mol. The third kappa shape index (κ3) is 4.73. The molecule has 0 bridgehead atoms. The Morgan fingerprint density at radius 2 is 2.00 bits per heavy atom. The highest BCUT2D eigenvalue weighted by Gasteiger charge is 2.25. The molecule has 3 aliphatic heterocycles. The van der Waals surface area contributed by atoms with Crippen LogP contribution in [0.3, 0.4) is 0 Å². The van der Waals surface area contributed by atoms with Crippen LogP contribution in [0.4, 0.5) is 5.69 Å². The van der Waals surface area contributed by atoms with Crippen LogP contribution in [0.5, 0.6) is 0 Å². The molecular formula is C20H24N4O3S2.